The molecule has 37 heavy (non-hydrogen) atoms. The van der Waals surface area contributed by atoms with Crippen LogP contribution in [0.3, 0.4) is 0 Å². The Morgan fingerprint density at radius 2 is 1.81 bits per heavy atom. The van der Waals surface area contributed by atoms with E-state index in [0.717, 1.165) is 27.6 Å². The number of benzene rings is 2. The number of pyridine rings is 1. The third kappa shape index (κ3) is 5.75. The van der Waals surface area contributed by atoms with Gasteiger partial charge in [0.1, 0.15) is 17.3 Å². The molecule has 0 saturated heterocycles. The second kappa shape index (κ2) is 10.5. The van der Waals surface area contributed by atoms with Crippen LogP contribution >= 0.6 is 0 Å². The van der Waals surface area contributed by atoms with Crippen molar-refractivity contribution >= 4 is 28.7 Å². The molecule has 0 spiro atoms. The summed E-state index contributed by atoms with van der Waals surface area (Å²) >= 11 is -2.66. The summed E-state index contributed by atoms with van der Waals surface area (Å²) in [6.45, 7) is 2.23. The summed E-state index contributed by atoms with van der Waals surface area (Å²) in [5.74, 6) is -1.98. The van der Waals surface area contributed by atoms with Gasteiger partial charge in [0.15, 0.2) is 0 Å². The van der Waals surface area contributed by atoms with Crippen molar-refractivity contribution in [3.8, 4) is 0 Å². The molecule has 0 aliphatic carbocycles. The maximum atomic E-state index is 14.5. The van der Waals surface area contributed by atoms with Crippen LogP contribution in [0.25, 0.3) is 0 Å². The summed E-state index contributed by atoms with van der Waals surface area (Å²) in [6, 6.07) is 13.5. The average molecular weight is 536 g/mol. The Morgan fingerprint density at radius 3 is 2.38 bits per heavy atom. The molecule has 12 heteroatoms. The largest absolute Gasteiger partial charge is 0.755 e. The Kier molecular flexibility index (Phi) is 7.51. The molecule has 7 nitrogen and oxygen atoms in total. The van der Waals surface area contributed by atoms with Gasteiger partial charge in [0.2, 0.25) is 5.91 Å². The number of halogens is 4. The maximum Gasteiger partial charge on any atom is 0.433 e. The van der Waals surface area contributed by atoms with Crippen molar-refractivity contribution in [3.63, 3.8) is 0 Å². The number of carbonyl (C=O) groups excluding carboxylic acids is 1. The standard InChI is InChI=1S/C25H24F4N4O3S/c1-15(16-7-9-21(20(26)11-16)32(2)37(35)36)24(34)30-12-17-8-10-22(25(27,28)29)31-23(17)33-13-18-5-3-4-6-19(18)14-33/h3-11,15H,12-14H2,1-2H3,(H,30,34)(H,35,36)/p-1. The summed E-state index contributed by atoms with van der Waals surface area (Å²) in [7, 11) is 1.19. The Bertz CT molecular complexity index is 1330. The minimum atomic E-state index is -4.62. The first-order valence-electron chi connectivity index (χ1n) is 11.2. The van der Waals surface area contributed by atoms with Crippen LogP contribution in [0.2, 0.25) is 0 Å². The van der Waals surface area contributed by atoms with Gasteiger partial charge in [-0.3, -0.25) is 9.00 Å². The van der Waals surface area contributed by atoms with E-state index >= 15 is 0 Å². The molecule has 0 bridgehead atoms. The predicted molar refractivity (Wildman–Crippen MR) is 130 cm³/mol. The quantitative estimate of drug-likeness (QED) is 0.358. The van der Waals surface area contributed by atoms with E-state index in [0.29, 0.717) is 24.2 Å². The van der Waals surface area contributed by atoms with Crippen molar-refractivity contribution in [2.45, 2.75) is 38.7 Å². The Hall–Kier alpha value is -3.51. The van der Waals surface area contributed by atoms with Crippen LogP contribution in [0.5, 0.6) is 0 Å². The summed E-state index contributed by atoms with van der Waals surface area (Å²) in [4.78, 5) is 18.5. The fourth-order valence-corrected chi connectivity index (χ4v) is 4.45. The van der Waals surface area contributed by atoms with Gasteiger partial charge in [0.25, 0.3) is 0 Å². The Labute approximate surface area is 213 Å². The molecule has 4 rings (SSSR count). The van der Waals surface area contributed by atoms with Crippen LogP contribution in [0.4, 0.5) is 29.1 Å². The number of alkyl halides is 3. The summed E-state index contributed by atoms with van der Waals surface area (Å²) in [5, 5.41) is 2.70. The van der Waals surface area contributed by atoms with Gasteiger partial charge in [0.05, 0.1) is 11.6 Å². The number of amides is 1. The zero-order valence-corrected chi connectivity index (χ0v) is 20.7. The average Bonchev–Trinajstić information content (AvgIpc) is 3.29. The number of anilines is 2. The zero-order chi connectivity index (χ0) is 26.9. The van der Waals surface area contributed by atoms with E-state index in [-0.39, 0.29) is 18.1 Å². The second-order valence-electron chi connectivity index (χ2n) is 8.67. The van der Waals surface area contributed by atoms with Gasteiger partial charge in [-0.2, -0.15) is 13.2 Å². The fourth-order valence-electron chi connectivity index (χ4n) is 4.14. The Morgan fingerprint density at radius 1 is 1.16 bits per heavy atom. The number of hydrogen-bond acceptors (Lipinski definition) is 5. The molecule has 0 radical (unpaired) electrons. The van der Waals surface area contributed by atoms with Gasteiger partial charge >= 0.3 is 6.18 Å². The first-order chi connectivity index (χ1) is 17.5. The molecule has 1 aromatic heterocycles. The van der Waals surface area contributed by atoms with E-state index in [1.54, 1.807) is 11.8 Å². The monoisotopic (exact) mass is 535 g/mol. The highest BCUT2D eigenvalue weighted by molar-refractivity contribution is 7.80. The highest BCUT2D eigenvalue weighted by atomic mass is 32.2. The highest BCUT2D eigenvalue weighted by Gasteiger charge is 2.34. The molecule has 2 aromatic carbocycles. The van der Waals surface area contributed by atoms with E-state index in [9.17, 15) is 31.1 Å². The lowest BCUT2D eigenvalue weighted by Crippen LogP contribution is -2.29. The first-order valence-corrected chi connectivity index (χ1v) is 12.3. The Balaban J connectivity index is 1.52. The van der Waals surface area contributed by atoms with E-state index < -0.39 is 40.8 Å². The van der Waals surface area contributed by atoms with Gasteiger partial charge in [0, 0.05) is 43.5 Å². The van der Waals surface area contributed by atoms with Gasteiger partial charge in [-0.15, -0.1) is 0 Å². The molecular formula is C25H23F4N4O3S-. The van der Waals surface area contributed by atoms with Crippen molar-refractivity contribution in [2.75, 3.05) is 16.3 Å². The molecule has 1 amide bonds. The van der Waals surface area contributed by atoms with Gasteiger partial charge in [-0.25, -0.2) is 9.37 Å². The van der Waals surface area contributed by atoms with Crippen molar-refractivity contribution in [2.24, 2.45) is 0 Å². The van der Waals surface area contributed by atoms with Crippen LogP contribution in [-0.2, 0) is 41.9 Å². The second-order valence-corrected chi connectivity index (χ2v) is 9.65. The smallest absolute Gasteiger partial charge is 0.433 e. The third-order valence-electron chi connectivity index (χ3n) is 6.27. The molecule has 0 fully saturated rings. The highest BCUT2D eigenvalue weighted by Crippen LogP contribution is 2.34. The van der Waals surface area contributed by atoms with E-state index in [1.165, 1.54) is 25.2 Å². The summed E-state index contributed by atoms with van der Waals surface area (Å²) in [6.07, 6.45) is -4.62. The molecular weight excluding hydrogens is 512 g/mol. The normalized spacial score (nSPS) is 14.7. The number of nitrogens with zero attached hydrogens (tertiary/aromatic N) is 3. The van der Waals surface area contributed by atoms with Gasteiger partial charge in [-0.1, -0.05) is 36.4 Å². The van der Waals surface area contributed by atoms with E-state index in [4.69, 9.17) is 0 Å². The van der Waals surface area contributed by atoms with Crippen molar-refractivity contribution in [3.05, 3.63) is 88.4 Å². The maximum absolute atomic E-state index is 14.5. The number of hydrogen-bond donors (Lipinski definition) is 1. The van der Waals surface area contributed by atoms with Crippen LogP contribution in [-0.4, -0.2) is 26.7 Å². The molecule has 1 aliphatic rings. The zero-order valence-electron chi connectivity index (χ0n) is 19.9. The minimum Gasteiger partial charge on any atom is -0.755 e. The van der Waals surface area contributed by atoms with Crippen molar-refractivity contribution in [1.82, 2.24) is 10.3 Å². The van der Waals surface area contributed by atoms with Gasteiger partial charge in [-0.05, 0) is 41.8 Å². The number of fused-ring (bicyclic) bond motifs is 1. The van der Waals surface area contributed by atoms with Crippen LogP contribution in [0.1, 0.15) is 40.8 Å². The third-order valence-corrected chi connectivity index (χ3v) is 6.91. The molecule has 2 unspecified atom stereocenters. The lowest BCUT2D eigenvalue weighted by Gasteiger charge is -2.23. The number of aromatic nitrogens is 1. The van der Waals surface area contributed by atoms with E-state index in [1.807, 2.05) is 24.3 Å². The SMILES string of the molecule is CC(C(=O)NCc1ccc(C(F)(F)F)nc1N1Cc2ccccc2C1)c1ccc(N(C)S(=O)[O-])c(F)c1. The minimum absolute atomic E-state index is 0.0883. The topological polar surface area (TPSA) is 88.6 Å². The number of carbonyl (C=O) groups is 1. The summed E-state index contributed by atoms with van der Waals surface area (Å²) < 4.78 is 77.5. The van der Waals surface area contributed by atoms with Crippen molar-refractivity contribution < 1.29 is 31.1 Å². The van der Waals surface area contributed by atoms with E-state index in [2.05, 4.69) is 10.3 Å². The predicted octanol–water partition coefficient (Wildman–Crippen LogP) is 4.41. The summed E-state index contributed by atoms with van der Waals surface area (Å²) in [5.41, 5.74) is 1.50. The van der Waals surface area contributed by atoms with Crippen LogP contribution in [0.15, 0.2) is 54.6 Å². The number of rotatable bonds is 7. The molecule has 1 aliphatic heterocycles. The van der Waals surface area contributed by atoms with Crippen LogP contribution < -0.4 is 14.5 Å². The molecule has 3 aromatic rings. The van der Waals surface area contributed by atoms with Crippen molar-refractivity contribution in [1.29, 1.82) is 0 Å². The molecule has 2 atom stereocenters. The molecule has 2 heterocycles. The first kappa shape index (κ1) is 26.6. The lowest BCUT2D eigenvalue weighted by atomic mass is 9.99. The lowest BCUT2D eigenvalue weighted by molar-refractivity contribution is -0.141. The molecule has 0 saturated carbocycles. The molecule has 1 N–H and O–H groups in total. The van der Waals surface area contributed by atoms with Crippen LogP contribution in [0, 0.1) is 5.82 Å². The number of nitrogens with one attached hydrogen (secondary N) is 1. The fraction of sp³-hybridized carbons (Fsp3) is 0.280. The molecule has 196 valence electrons. The van der Waals surface area contributed by atoms with Gasteiger partial charge < -0.3 is 19.1 Å².